The van der Waals surface area contributed by atoms with E-state index >= 15 is 0 Å². The van der Waals surface area contributed by atoms with E-state index in [0.29, 0.717) is 0 Å². The minimum Gasteiger partial charge on any atom is -0.546 e. The van der Waals surface area contributed by atoms with Crippen molar-refractivity contribution in [1.29, 1.82) is 0 Å². The van der Waals surface area contributed by atoms with Gasteiger partial charge in [0.25, 0.3) is 0 Å². The summed E-state index contributed by atoms with van der Waals surface area (Å²) in [6, 6.07) is 19.3. The lowest BCUT2D eigenvalue weighted by atomic mass is 9.99. The summed E-state index contributed by atoms with van der Waals surface area (Å²) < 4.78 is 6.73. The van der Waals surface area contributed by atoms with Crippen LogP contribution < -0.4 is 0 Å². The first-order valence-corrected chi connectivity index (χ1v) is 11.3. The highest BCUT2D eigenvalue weighted by atomic mass is 28.4. The Kier molecular flexibility index (Phi) is 3.97. The molecule has 2 aromatic carbocycles. The minimum atomic E-state index is -1.84. The Morgan fingerprint density at radius 2 is 1.48 bits per heavy atom. The van der Waals surface area contributed by atoms with E-state index in [1.807, 2.05) is 0 Å². The first kappa shape index (κ1) is 16.1. The molecule has 0 spiro atoms. The largest absolute Gasteiger partial charge is 0.546 e. The van der Waals surface area contributed by atoms with Crippen molar-refractivity contribution >= 4 is 13.9 Å². The molecule has 0 heterocycles. The maximum absolute atomic E-state index is 6.73. The smallest absolute Gasteiger partial charge is 0.250 e. The highest BCUT2D eigenvalue weighted by Crippen LogP contribution is 2.43. The molecule has 0 fully saturated rings. The number of allylic oxidation sites excluding steroid dienone is 1. The van der Waals surface area contributed by atoms with Gasteiger partial charge in [-0.2, -0.15) is 0 Å². The SMILES string of the molecule is CC(C)(C)[Si](C)(C)OC1=C(c2ccccc2)c2ccccc2C1. The van der Waals surface area contributed by atoms with Crippen molar-refractivity contribution in [2.45, 2.75) is 45.3 Å². The normalized spacial score (nSPS) is 14.8. The molecule has 2 aromatic rings. The molecular weight excluding hydrogens is 296 g/mol. The zero-order chi connectivity index (χ0) is 16.7. The van der Waals surface area contributed by atoms with Gasteiger partial charge in [0.1, 0.15) is 0 Å². The highest BCUT2D eigenvalue weighted by Gasteiger charge is 2.40. The standard InChI is InChI=1S/C21H26OSi/c1-21(2,3)23(4,5)22-19-15-17-13-9-10-14-18(17)20(19)16-11-7-6-8-12-16/h6-14H,15H2,1-5H3. The molecule has 0 bridgehead atoms. The van der Waals surface area contributed by atoms with Crippen molar-refractivity contribution in [3.63, 3.8) is 0 Å². The van der Waals surface area contributed by atoms with Gasteiger partial charge in [0.15, 0.2) is 0 Å². The molecule has 0 saturated heterocycles. The summed E-state index contributed by atoms with van der Waals surface area (Å²) in [6.45, 7) is 11.5. The third kappa shape index (κ3) is 3.00. The third-order valence-corrected chi connectivity index (χ3v) is 9.53. The monoisotopic (exact) mass is 322 g/mol. The summed E-state index contributed by atoms with van der Waals surface area (Å²) in [5.41, 5.74) is 5.24. The van der Waals surface area contributed by atoms with Gasteiger partial charge < -0.3 is 4.43 Å². The van der Waals surface area contributed by atoms with Gasteiger partial charge in [-0.05, 0) is 34.8 Å². The van der Waals surface area contributed by atoms with Gasteiger partial charge in [0.2, 0.25) is 8.32 Å². The topological polar surface area (TPSA) is 9.23 Å². The van der Waals surface area contributed by atoms with Crippen LogP contribution in [0.4, 0.5) is 0 Å². The van der Waals surface area contributed by atoms with Crippen LogP contribution in [0.25, 0.3) is 5.57 Å². The van der Waals surface area contributed by atoms with Crippen LogP contribution in [0.2, 0.25) is 18.1 Å². The van der Waals surface area contributed by atoms with Crippen molar-refractivity contribution in [3.05, 3.63) is 77.0 Å². The van der Waals surface area contributed by atoms with Crippen LogP contribution in [0.5, 0.6) is 0 Å². The molecule has 0 radical (unpaired) electrons. The molecule has 120 valence electrons. The average molecular weight is 323 g/mol. The molecule has 2 heteroatoms. The average Bonchev–Trinajstić information content (AvgIpc) is 2.84. The molecular formula is C21H26OSi. The van der Waals surface area contributed by atoms with E-state index in [9.17, 15) is 0 Å². The van der Waals surface area contributed by atoms with E-state index < -0.39 is 8.32 Å². The summed E-state index contributed by atoms with van der Waals surface area (Å²) in [4.78, 5) is 0. The van der Waals surface area contributed by atoms with Crippen LogP contribution in [0, 0.1) is 0 Å². The van der Waals surface area contributed by atoms with Gasteiger partial charge in [-0.25, -0.2) is 0 Å². The van der Waals surface area contributed by atoms with Gasteiger partial charge >= 0.3 is 0 Å². The Balaban J connectivity index is 2.09. The van der Waals surface area contributed by atoms with E-state index in [-0.39, 0.29) is 5.04 Å². The molecule has 1 aliphatic carbocycles. The van der Waals surface area contributed by atoms with Gasteiger partial charge in [-0.15, -0.1) is 0 Å². The van der Waals surface area contributed by atoms with Crippen LogP contribution >= 0.6 is 0 Å². The second-order valence-corrected chi connectivity index (χ2v) is 12.6. The number of hydrogen-bond acceptors (Lipinski definition) is 1. The lowest BCUT2D eigenvalue weighted by Crippen LogP contribution is -2.40. The number of benzene rings is 2. The van der Waals surface area contributed by atoms with Crippen LogP contribution in [-0.4, -0.2) is 8.32 Å². The maximum atomic E-state index is 6.73. The summed E-state index contributed by atoms with van der Waals surface area (Å²) in [7, 11) is -1.84. The maximum Gasteiger partial charge on any atom is 0.250 e. The highest BCUT2D eigenvalue weighted by molar-refractivity contribution is 6.74. The molecule has 0 unspecified atom stereocenters. The molecule has 0 amide bonds. The van der Waals surface area contributed by atoms with Crippen LogP contribution in [-0.2, 0) is 10.8 Å². The number of fused-ring (bicyclic) bond motifs is 1. The fourth-order valence-corrected chi connectivity index (χ4v) is 3.90. The Morgan fingerprint density at radius 1 is 0.870 bits per heavy atom. The molecule has 0 N–H and O–H groups in total. The van der Waals surface area contributed by atoms with Gasteiger partial charge in [-0.1, -0.05) is 75.4 Å². The molecule has 0 aliphatic heterocycles. The Bertz CT molecular complexity index is 736. The second kappa shape index (κ2) is 5.68. The van der Waals surface area contributed by atoms with E-state index in [2.05, 4.69) is 88.5 Å². The molecule has 1 nitrogen and oxygen atoms in total. The zero-order valence-corrected chi connectivity index (χ0v) is 15.8. The van der Waals surface area contributed by atoms with E-state index in [1.165, 1.54) is 22.3 Å². The number of hydrogen-bond donors (Lipinski definition) is 0. The summed E-state index contributed by atoms with van der Waals surface area (Å²) in [6.07, 6.45) is 0.910. The van der Waals surface area contributed by atoms with Gasteiger partial charge in [0, 0.05) is 12.0 Å². The third-order valence-electron chi connectivity index (χ3n) is 5.16. The Morgan fingerprint density at radius 3 is 2.13 bits per heavy atom. The predicted molar refractivity (Wildman–Crippen MR) is 101 cm³/mol. The van der Waals surface area contributed by atoms with E-state index in [1.54, 1.807) is 0 Å². The molecule has 0 atom stereocenters. The van der Waals surface area contributed by atoms with E-state index in [4.69, 9.17) is 4.43 Å². The van der Waals surface area contributed by atoms with Crippen molar-refractivity contribution in [2.24, 2.45) is 0 Å². The second-order valence-electron chi connectivity index (χ2n) is 7.86. The number of rotatable bonds is 3. The van der Waals surface area contributed by atoms with Crippen molar-refractivity contribution in [2.75, 3.05) is 0 Å². The van der Waals surface area contributed by atoms with Crippen LogP contribution in [0.15, 0.2) is 60.4 Å². The minimum absolute atomic E-state index is 0.205. The molecule has 0 saturated carbocycles. The zero-order valence-electron chi connectivity index (χ0n) is 14.8. The molecule has 23 heavy (non-hydrogen) atoms. The van der Waals surface area contributed by atoms with Gasteiger partial charge in [0.05, 0.1) is 5.76 Å². The fourth-order valence-electron chi connectivity index (χ4n) is 2.80. The van der Waals surface area contributed by atoms with E-state index in [0.717, 1.165) is 12.2 Å². The summed E-state index contributed by atoms with van der Waals surface area (Å²) in [5.74, 6) is 1.16. The van der Waals surface area contributed by atoms with Crippen molar-refractivity contribution in [3.8, 4) is 0 Å². The Labute approximate surface area is 141 Å². The molecule has 1 aliphatic rings. The summed E-state index contributed by atoms with van der Waals surface area (Å²) in [5, 5.41) is 0.205. The molecule has 0 aromatic heterocycles. The lowest BCUT2D eigenvalue weighted by molar-refractivity contribution is 0.380. The molecule has 3 rings (SSSR count). The first-order valence-electron chi connectivity index (χ1n) is 8.35. The van der Waals surface area contributed by atoms with Crippen molar-refractivity contribution in [1.82, 2.24) is 0 Å². The van der Waals surface area contributed by atoms with Gasteiger partial charge in [-0.3, -0.25) is 0 Å². The van der Waals surface area contributed by atoms with Crippen LogP contribution in [0.3, 0.4) is 0 Å². The lowest BCUT2D eigenvalue weighted by Gasteiger charge is -2.37. The predicted octanol–water partition coefficient (Wildman–Crippen LogP) is 6.02. The summed E-state index contributed by atoms with van der Waals surface area (Å²) >= 11 is 0. The quantitative estimate of drug-likeness (QED) is 0.627. The Hall–Kier alpha value is -1.80. The van der Waals surface area contributed by atoms with Crippen molar-refractivity contribution < 1.29 is 4.43 Å². The van der Waals surface area contributed by atoms with Crippen LogP contribution in [0.1, 0.15) is 37.5 Å². The fraction of sp³-hybridized carbons (Fsp3) is 0.333. The first-order chi connectivity index (χ1) is 10.8.